The van der Waals surface area contributed by atoms with Crippen LogP contribution < -0.4 is 16.7 Å². The molecule has 0 spiro atoms. The van der Waals surface area contributed by atoms with Crippen LogP contribution in [0.4, 0.5) is 11.4 Å². The zero-order chi connectivity index (χ0) is 16.4. The van der Waals surface area contributed by atoms with Gasteiger partial charge < -0.3 is 5.73 Å². The normalized spacial score (nSPS) is 12.3. The predicted molar refractivity (Wildman–Crippen MR) is 97.1 cm³/mol. The van der Waals surface area contributed by atoms with Gasteiger partial charge in [0, 0.05) is 10.6 Å². The van der Waals surface area contributed by atoms with Crippen molar-refractivity contribution in [2.45, 2.75) is 16.5 Å². The van der Waals surface area contributed by atoms with Gasteiger partial charge in [-0.1, -0.05) is 6.07 Å². The fourth-order valence-electron chi connectivity index (χ4n) is 2.18. The van der Waals surface area contributed by atoms with Gasteiger partial charge in [-0.05, 0) is 43.3 Å². The van der Waals surface area contributed by atoms with Gasteiger partial charge in [-0.3, -0.25) is 10.2 Å². The first-order valence-electron chi connectivity index (χ1n) is 6.97. The maximum absolute atomic E-state index is 12.5. The lowest BCUT2D eigenvalue weighted by atomic mass is 10.2. The maximum Gasteiger partial charge on any atom is 0.280 e. The molecule has 1 atom stereocenters. The number of thioether (sulfide) groups is 1. The number of benzene rings is 2. The van der Waals surface area contributed by atoms with E-state index in [0.717, 1.165) is 10.6 Å². The van der Waals surface area contributed by atoms with Crippen LogP contribution in [0.3, 0.4) is 0 Å². The standard InChI is InChI=1S/C16H15ClN4OS/c1-10(17)23-13-4-2-3-12(8-13)20-21-9-19-15-6-5-11(18)7-14(15)16(21)22/h2-10,20H,18H2,1H3. The Bertz CT molecular complexity index is 910. The highest BCUT2D eigenvalue weighted by Gasteiger charge is 2.06. The molecule has 3 rings (SSSR count). The monoisotopic (exact) mass is 346 g/mol. The smallest absolute Gasteiger partial charge is 0.280 e. The number of halogens is 1. The summed E-state index contributed by atoms with van der Waals surface area (Å²) in [7, 11) is 0. The minimum absolute atomic E-state index is 0.0294. The van der Waals surface area contributed by atoms with Gasteiger partial charge in [0.25, 0.3) is 5.56 Å². The molecule has 0 fully saturated rings. The molecule has 7 heteroatoms. The summed E-state index contributed by atoms with van der Waals surface area (Å²) in [6.45, 7) is 1.91. The van der Waals surface area contributed by atoms with Crippen LogP contribution in [-0.4, -0.2) is 14.4 Å². The van der Waals surface area contributed by atoms with Crippen LogP contribution in [0.15, 0.2) is 58.5 Å². The van der Waals surface area contributed by atoms with Crippen molar-refractivity contribution >= 4 is 45.6 Å². The highest BCUT2D eigenvalue weighted by Crippen LogP contribution is 2.27. The topological polar surface area (TPSA) is 72.9 Å². The molecule has 0 radical (unpaired) electrons. The van der Waals surface area contributed by atoms with Crippen LogP contribution in [0.2, 0.25) is 0 Å². The molecule has 0 aliphatic carbocycles. The maximum atomic E-state index is 12.5. The quantitative estimate of drug-likeness (QED) is 0.429. The lowest BCUT2D eigenvalue weighted by molar-refractivity contribution is 0.879. The zero-order valence-corrected chi connectivity index (χ0v) is 13.9. The van der Waals surface area contributed by atoms with Crippen LogP contribution >= 0.6 is 23.4 Å². The molecule has 23 heavy (non-hydrogen) atoms. The Balaban J connectivity index is 1.95. The minimum atomic E-state index is -0.203. The molecule has 0 saturated heterocycles. The molecule has 0 saturated carbocycles. The molecule has 3 aromatic rings. The van der Waals surface area contributed by atoms with E-state index >= 15 is 0 Å². The summed E-state index contributed by atoms with van der Waals surface area (Å²) in [6.07, 6.45) is 1.46. The van der Waals surface area contributed by atoms with Crippen LogP contribution in [0.5, 0.6) is 0 Å². The van der Waals surface area contributed by atoms with Gasteiger partial charge >= 0.3 is 0 Å². The summed E-state index contributed by atoms with van der Waals surface area (Å²) in [5, 5.41) is 0.472. The Kier molecular flexibility index (Phi) is 4.45. The fraction of sp³-hybridized carbons (Fsp3) is 0.125. The molecule has 0 aliphatic rings. The van der Waals surface area contributed by atoms with E-state index in [1.54, 1.807) is 18.2 Å². The molecule has 2 aromatic carbocycles. The average Bonchev–Trinajstić information content (AvgIpc) is 2.50. The van der Waals surface area contributed by atoms with E-state index in [-0.39, 0.29) is 10.3 Å². The van der Waals surface area contributed by atoms with Crippen molar-refractivity contribution in [2.24, 2.45) is 0 Å². The molecule has 0 bridgehead atoms. The van der Waals surface area contributed by atoms with Crippen molar-refractivity contribution in [3.63, 3.8) is 0 Å². The Morgan fingerprint density at radius 2 is 2.13 bits per heavy atom. The van der Waals surface area contributed by atoms with Gasteiger partial charge in [0.1, 0.15) is 6.33 Å². The van der Waals surface area contributed by atoms with Crippen molar-refractivity contribution < 1.29 is 0 Å². The van der Waals surface area contributed by atoms with Gasteiger partial charge in [0.15, 0.2) is 0 Å². The summed E-state index contributed by atoms with van der Waals surface area (Å²) in [4.78, 5) is 17.8. The number of nitrogens with two attached hydrogens (primary N) is 1. The van der Waals surface area contributed by atoms with Crippen LogP contribution in [0.1, 0.15) is 6.92 Å². The Morgan fingerprint density at radius 1 is 1.30 bits per heavy atom. The Hall–Kier alpha value is -2.18. The third-order valence-corrected chi connectivity index (χ3v) is 4.28. The van der Waals surface area contributed by atoms with E-state index in [4.69, 9.17) is 17.3 Å². The first kappa shape index (κ1) is 15.7. The largest absolute Gasteiger partial charge is 0.399 e. The molecular formula is C16H15ClN4OS. The molecule has 5 nitrogen and oxygen atoms in total. The number of hydrogen-bond donors (Lipinski definition) is 2. The molecule has 1 unspecified atom stereocenters. The van der Waals surface area contributed by atoms with Crippen molar-refractivity contribution in [3.05, 3.63) is 59.1 Å². The molecule has 0 aliphatic heterocycles. The summed E-state index contributed by atoms with van der Waals surface area (Å²) in [5.74, 6) is 0. The number of fused-ring (bicyclic) bond motifs is 1. The van der Waals surface area contributed by atoms with Gasteiger partial charge in [0.2, 0.25) is 0 Å². The highest BCUT2D eigenvalue weighted by atomic mass is 35.5. The summed E-state index contributed by atoms with van der Waals surface area (Å²) in [5.41, 5.74) is 10.5. The fourth-order valence-corrected chi connectivity index (χ4v) is 3.22. The van der Waals surface area contributed by atoms with E-state index in [0.29, 0.717) is 16.6 Å². The molecule has 1 aromatic heterocycles. The first-order valence-corrected chi connectivity index (χ1v) is 8.29. The molecule has 1 heterocycles. The summed E-state index contributed by atoms with van der Waals surface area (Å²) < 4.78 is 1.31. The van der Waals surface area contributed by atoms with Crippen molar-refractivity contribution in [2.75, 3.05) is 11.2 Å². The second kappa shape index (κ2) is 6.52. The number of anilines is 2. The minimum Gasteiger partial charge on any atom is -0.399 e. The SMILES string of the molecule is CC(Cl)Sc1cccc(Nn2cnc3ccc(N)cc3c2=O)c1. The second-order valence-corrected chi connectivity index (χ2v) is 7.32. The molecule has 118 valence electrons. The van der Waals surface area contributed by atoms with E-state index in [1.807, 2.05) is 31.2 Å². The molecule has 0 amide bonds. The number of nitrogen functional groups attached to an aromatic ring is 1. The lowest BCUT2D eigenvalue weighted by Gasteiger charge is -2.11. The third-order valence-electron chi connectivity index (χ3n) is 3.16. The third kappa shape index (κ3) is 3.60. The number of nitrogens with one attached hydrogen (secondary N) is 1. The molecular weight excluding hydrogens is 332 g/mol. The van der Waals surface area contributed by atoms with Crippen molar-refractivity contribution in [1.82, 2.24) is 9.66 Å². The predicted octanol–water partition coefficient (Wildman–Crippen LogP) is 3.53. The van der Waals surface area contributed by atoms with Gasteiger partial charge in [-0.25, -0.2) is 9.66 Å². The highest BCUT2D eigenvalue weighted by molar-refractivity contribution is 8.01. The summed E-state index contributed by atoms with van der Waals surface area (Å²) >= 11 is 7.53. The van der Waals surface area contributed by atoms with Crippen LogP contribution in [0.25, 0.3) is 10.9 Å². The lowest BCUT2D eigenvalue weighted by Crippen LogP contribution is -2.26. The Morgan fingerprint density at radius 3 is 2.91 bits per heavy atom. The van der Waals surface area contributed by atoms with Gasteiger partial charge in [-0.15, -0.1) is 23.4 Å². The van der Waals surface area contributed by atoms with Crippen LogP contribution in [0, 0.1) is 0 Å². The van der Waals surface area contributed by atoms with Gasteiger partial charge in [0.05, 0.1) is 21.3 Å². The van der Waals surface area contributed by atoms with E-state index in [9.17, 15) is 4.79 Å². The Labute approximate surface area is 142 Å². The van der Waals surface area contributed by atoms with Crippen molar-refractivity contribution in [1.29, 1.82) is 0 Å². The van der Waals surface area contributed by atoms with E-state index < -0.39 is 0 Å². The molecule has 3 N–H and O–H groups in total. The number of hydrogen-bond acceptors (Lipinski definition) is 5. The first-order chi connectivity index (χ1) is 11.0. The second-order valence-electron chi connectivity index (χ2n) is 5.00. The number of nitrogens with zero attached hydrogens (tertiary/aromatic N) is 2. The number of rotatable bonds is 4. The van der Waals surface area contributed by atoms with Crippen LogP contribution in [-0.2, 0) is 0 Å². The van der Waals surface area contributed by atoms with Crippen molar-refractivity contribution in [3.8, 4) is 0 Å². The summed E-state index contributed by atoms with van der Waals surface area (Å²) in [6, 6.07) is 12.8. The average molecular weight is 347 g/mol. The van der Waals surface area contributed by atoms with E-state index in [2.05, 4.69) is 10.4 Å². The van der Waals surface area contributed by atoms with E-state index in [1.165, 1.54) is 22.8 Å². The number of alkyl halides is 1. The number of aromatic nitrogens is 2. The zero-order valence-electron chi connectivity index (χ0n) is 12.4. The van der Waals surface area contributed by atoms with Gasteiger partial charge in [-0.2, -0.15) is 0 Å².